The maximum atomic E-state index is 12.0. The third-order valence-corrected chi connectivity index (χ3v) is 3.04. The number of aromatic amines is 1. The SMILES string of the molecule is CC(C)(C)c1nc(C(=O)NCC(O)c2ccccc2)n[nH]1. The number of hydrogen-bond donors (Lipinski definition) is 3. The van der Waals surface area contributed by atoms with E-state index in [2.05, 4.69) is 20.5 Å². The predicted octanol–water partition coefficient (Wildman–Crippen LogP) is 1.57. The van der Waals surface area contributed by atoms with Crippen LogP contribution in [0.25, 0.3) is 0 Å². The van der Waals surface area contributed by atoms with Crippen molar-refractivity contribution in [1.82, 2.24) is 20.5 Å². The maximum absolute atomic E-state index is 12.0. The van der Waals surface area contributed by atoms with E-state index in [0.717, 1.165) is 5.56 Å². The lowest BCUT2D eigenvalue weighted by atomic mass is 9.96. The highest BCUT2D eigenvalue weighted by Crippen LogP contribution is 2.17. The summed E-state index contributed by atoms with van der Waals surface area (Å²) in [5, 5.41) is 19.3. The van der Waals surface area contributed by atoms with E-state index in [9.17, 15) is 9.90 Å². The summed E-state index contributed by atoms with van der Waals surface area (Å²) in [6.45, 7) is 6.05. The van der Waals surface area contributed by atoms with Gasteiger partial charge in [0, 0.05) is 12.0 Å². The highest BCUT2D eigenvalue weighted by atomic mass is 16.3. The van der Waals surface area contributed by atoms with Crippen LogP contribution in [0.3, 0.4) is 0 Å². The van der Waals surface area contributed by atoms with Crippen molar-refractivity contribution in [2.45, 2.75) is 32.3 Å². The van der Waals surface area contributed by atoms with Crippen LogP contribution in [0, 0.1) is 0 Å². The Morgan fingerprint density at radius 1 is 1.33 bits per heavy atom. The molecule has 0 aliphatic heterocycles. The lowest BCUT2D eigenvalue weighted by molar-refractivity contribution is 0.0906. The predicted molar refractivity (Wildman–Crippen MR) is 78.8 cm³/mol. The van der Waals surface area contributed by atoms with E-state index < -0.39 is 12.0 Å². The van der Waals surface area contributed by atoms with Crippen LogP contribution >= 0.6 is 0 Å². The van der Waals surface area contributed by atoms with Crippen LogP contribution in [-0.4, -0.2) is 32.7 Å². The molecule has 1 amide bonds. The lowest BCUT2D eigenvalue weighted by Crippen LogP contribution is -2.29. The standard InChI is InChI=1S/C15H20N4O2/c1-15(2,3)14-17-12(18-19-14)13(21)16-9-11(20)10-7-5-4-6-8-10/h4-8,11,20H,9H2,1-3H3,(H,16,21)(H,17,18,19). The highest BCUT2D eigenvalue weighted by molar-refractivity contribution is 5.90. The van der Waals surface area contributed by atoms with Crippen molar-refractivity contribution in [1.29, 1.82) is 0 Å². The summed E-state index contributed by atoms with van der Waals surface area (Å²) in [7, 11) is 0. The molecule has 2 rings (SSSR count). The van der Waals surface area contributed by atoms with Crippen molar-refractivity contribution < 1.29 is 9.90 Å². The van der Waals surface area contributed by atoms with Crippen molar-refractivity contribution >= 4 is 5.91 Å². The topological polar surface area (TPSA) is 90.9 Å². The Labute approximate surface area is 123 Å². The van der Waals surface area contributed by atoms with E-state index in [1.54, 1.807) is 12.1 Å². The minimum Gasteiger partial charge on any atom is -0.387 e. The van der Waals surface area contributed by atoms with Gasteiger partial charge in [-0.3, -0.25) is 9.89 Å². The maximum Gasteiger partial charge on any atom is 0.291 e. The molecule has 0 fully saturated rings. The summed E-state index contributed by atoms with van der Waals surface area (Å²) in [5.74, 6) is 0.327. The van der Waals surface area contributed by atoms with Gasteiger partial charge in [-0.2, -0.15) is 0 Å². The zero-order valence-electron chi connectivity index (χ0n) is 12.4. The van der Waals surface area contributed by atoms with E-state index in [0.29, 0.717) is 5.82 Å². The van der Waals surface area contributed by atoms with Crippen LogP contribution in [0.4, 0.5) is 0 Å². The van der Waals surface area contributed by atoms with Gasteiger partial charge >= 0.3 is 0 Å². The van der Waals surface area contributed by atoms with Gasteiger partial charge in [0.1, 0.15) is 5.82 Å². The summed E-state index contributed by atoms with van der Waals surface area (Å²) in [6.07, 6.45) is -0.754. The fourth-order valence-electron chi connectivity index (χ4n) is 1.76. The summed E-state index contributed by atoms with van der Waals surface area (Å²) in [4.78, 5) is 16.1. The third-order valence-electron chi connectivity index (χ3n) is 3.04. The van der Waals surface area contributed by atoms with Crippen LogP contribution in [0.2, 0.25) is 0 Å². The van der Waals surface area contributed by atoms with Gasteiger partial charge in [-0.1, -0.05) is 51.1 Å². The number of amides is 1. The van der Waals surface area contributed by atoms with E-state index >= 15 is 0 Å². The van der Waals surface area contributed by atoms with Gasteiger partial charge in [0.05, 0.1) is 6.10 Å². The second-order valence-corrected chi connectivity index (χ2v) is 5.89. The van der Waals surface area contributed by atoms with Gasteiger partial charge in [0.15, 0.2) is 0 Å². The fourth-order valence-corrected chi connectivity index (χ4v) is 1.76. The largest absolute Gasteiger partial charge is 0.387 e. The van der Waals surface area contributed by atoms with Crippen molar-refractivity contribution in [3.8, 4) is 0 Å². The van der Waals surface area contributed by atoms with Gasteiger partial charge in [-0.05, 0) is 5.56 Å². The first-order valence-electron chi connectivity index (χ1n) is 6.82. The zero-order valence-corrected chi connectivity index (χ0v) is 12.4. The monoisotopic (exact) mass is 288 g/mol. The molecule has 112 valence electrons. The number of aliphatic hydroxyl groups is 1. The smallest absolute Gasteiger partial charge is 0.291 e. The van der Waals surface area contributed by atoms with E-state index in [-0.39, 0.29) is 17.8 Å². The first kappa shape index (κ1) is 15.2. The van der Waals surface area contributed by atoms with E-state index in [1.165, 1.54) is 0 Å². The number of rotatable bonds is 4. The molecule has 0 aliphatic carbocycles. The molecule has 3 N–H and O–H groups in total. The summed E-state index contributed by atoms with van der Waals surface area (Å²) < 4.78 is 0. The molecule has 6 nitrogen and oxygen atoms in total. The van der Waals surface area contributed by atoms with Crippen molar-refractivity contribution in [3.05, 3.63) is 47.5 Å². The van der Waals surface area contributed by atoms with Gasteiger partial charge in [-0.15, -0.1) is 5.10 Å². The molecule has 0 saturated carbocycles. The number of benzene rings is 1. The highest BCUT2D eigenvalue weighted by Gasteiger charge is 2.21. The normalized spacial score (nSPS) is 13.0. The third kappa shape index (κ3) is 3.88. The van der Waals surface area contributed by atoms with Gasteiger partial charge in [0.25, 0.3) is 5.91 Å². The second kappa shape index (κ2) is 6.05. The number of aliphatic hydroxyl groups excluding tert-OH is 1. The molecule has 1 atom stereocenters. The van der Waals surface area contributed by atoms with Gasteiger partial charge < -0.3 is 10.4 Å². The van der Waals surface area contributed by atoms with Crippen LogP contribution < -0.4 is 5.32 Å². The zero-order chi connectivity index (χ0) is 15.5. The number of aromatic nitrogens is 3. The fraction of sp³-hybridized carbons (Fsp3) is 0.400. The molecule has 1 unspecified atom stereocenters. The summed E-state index contributed by atoms with van der Waals surface area (Å²) in [6, 6.07) is 9.16. The van der Waals surface area contributed by atoms with Crippen molar-refractivity contribution in [2.75, 3.05) is 6.54 Å². The van der Waals surface area contributed by atoms with E-state index in [4.69, 9.17) is 0 Å². The Hall–Kier alpha value is -2.21. The van der Waals surface area contributed by atoms with Crippen molar-refractivity contribution in [3.63, 3.8) is 0 Å². The Morgan fingerprint density at radius 2 is 2.00 bits per heavy atom. The molecule has 6 heteroatoms. The molecule has 1 aromatic carbocycles. The molecule has 1 heterocycles. The number of carbonyl (C=O) groups excluding carboxylic acids is 1. The Bertz CT molecular complexity index is 602. The minimum atomic E-state index is -0.754. The molecule has 0 saturated heterocycles. The molecule has 2 aromatic rings. The summed E-state index contributed by atoms with van der Waals surface area (Å²) in [5.41, 5.74) is 0.554. The first-order valence-corrected chi connectivity index (χ1v) is 6.82. The first-order chi connectivity index (χ1) is 9.88. The van der Waals surface area contributed by atoms with Crippen LogP contribution in [0.5, 0.6) is 0 Å². The summed E-state index contributed by atoms with van der Waals surface area (Å²) >= 11 is 0. The Kier molecular flexibility index (Phi) is 4.37. The molecule has 0 radical (unpaired) electrons. The number of carbonyl (C=O) groups is 1. The Morgan fingerprint density at radius 3 is 2.57 bits per heavy atom. The van der Waals surface area contributed by atoms with Crippen molar-refractivity contribution in [2.24, 2.45) is 0 Å². The second-order valence-electron chi connectivity index (χ2n) is 5.89. The number of nitrogens with zero attached hydrogens (tertiary/aromatic N) is 2. The molecule has 0 spiro atoms. The molecular formula is C15H20N4O2. The quantitative estimate of drug-likeness (QED) is 0.796. The molecule has 0 bridgehead atoms. The lowest BCUT2D eigenvalue weighted by Gasteiger charge is -2.13. The average molecular weight is 288 g/mol. The number of nitrogens with one attached hydrogen (secondary N) is 2. The average Bonchev–Trinajstić information content (AvgIpc) is 2.95. The van der Waals surface area contributed by atoms with Crippen LogP contribution in [-0.2, 0) is 5.41 Å². The minimum absolute atomic E-state index is 0.0835. The van der Waals surface area contributed by atoms with Crippen LogP contribution in [0.15, 0.2) is 30.3 Å². The molecule has 1 aromatic heterocycles. The Balaban J connectivity index is 1.95. The molecule has 21 heavy (non-hydrogen) atoms. The van der Waals surface area contributed by atoms with Gasteiger partial charge in [0.2, 0.25) is 5.82 Å². The molecular weight excluding hydrogens is 268 g/mol. The van der Waals surface area contributed by atoms with Gasteiger partial charge in [-0.25, -0.2) is 4.98 Å². The van der Waals surface area contributed by atoms with E-state index in [1.807, 2.05) is 39.0 Å². The number of hydrogen-bond acceptors (Lipinski definition) is 4. The molecule has 0 aliphatic rings. The number of H-pyrrole nitrogens is 1. The van der Waals surface area contributed by atoms with Crippen LogP contribution in [0.1, 0.15) is 48.9 Å².